The lowest BCUT2D eigenvalue weighted by atomic mass is 9.91. The molecule has 0 amide bonds. The number of aryl methyl sites for hydroxylation is 1. The number of piperidine rings is 1. The maximum Gasteiger partial charge on any atom is 0.137 e. The molecule has 0 saturated carbocycles. The van der Waals surface area contributed by atoms with Gasteiger partial charge in [-0.3, -0.25) is 0 Å². The van der Waals surface area contributed by atoms with E-state index in [-0.39, 0.29) is 0 Å². The van der Waals surface area contributed by atoms with Crippen LogP contribution in [0.15, 0.2) is 18.2 Å². The van der Waals surface area contributed by atoms with Crippen molar-refractivity contribution in [3.05, 3.63) is 28.8 Å². The molecule has 1 aromatic rings. The first-order valence-electron chi connectivity index (χ1n) is 6.32. The number of rotatable bonds is 4. The van der Waals surface area contributed by atoms with Gasteiger partial charge in [-0.15, -0.1) is 0 Å². The second kappa shape index (κ2) is 6.27. The van der Waals surface area contributed by atoms with Gasteiger partial charge in [0.2, 0.25) is 0 Å². The monoisotopic (exact) mass is 253 g/mol. The third kappa shape index (κ3) is 3.62. The largest absolute Gasteiger partial charge is 0.495 e. The Morgan fingerprint density at radius 2 is 2.12 bits per heavy atom. The fourth-order valence-electron chi connectivity index (χ4n) is 2.40. The highest BCUT2D eigenvalue weighted by molar-refractivity contribution is 6.32. The van der Waals surface area contributed by atoms with E-state index in [0.29, 0.717) is 5.02 Å². The third-order valence-electron chi connectivity index (χ3n) is 3.52. The van der Waals surface area contributed by atoms with Crippen molar-refractivity contribution in [2.45, 2.75) is 25.7 Å². The summed E-state index contributed by atoms with van der Waals surface area (Å²) in [6.45, 7) is 2.35. The van der Waals surface area contributed by atoms with Crippen LogP contribution in [0.4, 0.5) is 0 Å². The van der Waals surface area contributed by atoms with Crippen LogP contribution in [0.5, 0.6) is 5.75 Å². The van der Waals surface area contributed by atoms with Gasteiger partial charge in [0.05, 0.1) is 12.1 Å². The number of hydrogen-bond donors (Lipinski definition) is 1. The molecule has 94 valence electrons. The molecule has 0 bridgehead atoms. The molecule has 0 spiro atoms. The standard InChI is InChI=1S/C14H20ClNO/c1-17-14-10-12(4-5-13(14)15)3-2-11-6-8-16-9-7-11/h4-5,10-11,16H,2-3,6-9H2,1H3. The van der Waals surface area contributed by atoms with Crippen LogP contribution < -0.4 is 10.1 Å². The lowest BCUT2D eigenvalue weighted by Crippen LogP contribution is -2.27. The Labute approximate surface area is 108 Å². The highest BCUT2D eigenvalue weighted by atomic mass is 35.5. The third-order valence-corrected chi connectivity index (χ3v) is 3.83. The van der Waals surface area contributed by atoms with E-state index in [4.69, 9.17) is 16.3 Å². The smallest absolute Gasteiger partial charge is 0.137 e. The summed E-state index contributed by atoms with van der Waals surface area (Å²) >= 11 is 6.01. The minimum absolute atomic E-state index is 0.693. The topological polar surface area (TPSA) is 21.3 Å². The molecule has 1 saturated heterocycles. The van der Waals surface area contributed by atoms with Gasteiger partial charge in [-0.05, 0) is 62.4 Å². The first-order valence-corrected chi connectivity index (χ1v) is 6.70. The lowest BCUT2D eigenvalue weighted by Gasteiger charge is -2.22. The second-order valence-electron chi connectivity index (χ2n) is 4.70. The molecule has 2 rings (SSSR count). The van der Waals surface area contributed by atoms with E-state index in [2.05, 4.69) is 17.4 Å². The average Bonchev–Trinajstić information content (AvgIpc) is 2.39. The molecule has 0 radical (unpaired) electrons. The molecule has 0 unspecified atom stereocenters. The van der Waals surface area contributed by atoms with Gasteiger partial charge >= 0.3 is 0 Å². The van der Waals surface area contributed by atoms with Gasteiger partial charge in [-0.1, -0.05) is 17.7 Å². The van der Waals surface area contributed by atoms with E-state index in [1.165, 1.54) is 37.9 Å². The normalized spacial score (nSPS) is 17.1. The van der Waals surface area contributed by atoms with Crippen LogP contribution in [0.2, 0.25) is 5.02 Å². The summed E-state index contributed by atoms with van der Waals surface area (Å²) in [6, 6.07) is 6.09. The minimum Gasteiger partial charge on any atom is -0.495 e. The Balaban J connectivity index is 1.89. The number of benzene rings is 1. The molecular weight excluding hydrogens is 234 g/mol. The van der Waals surface area contributed by atoms with Crippen LogP contribution in [0.25, 0.3) is 0 Å². The fraction of sp³-hybridized carbons (Fsp3) is 0.571. The summed E-state index contributed by atoms with van der Waals surface area (Å²) in [5, 5.41) is 4.09. The molecule has 0 aliphatic carbocycles. The molecule has 1 aliphatic heterocycles. The van der Waals surface area contributed by atoms with Crippen molar-refractivity contribution in [1.82, 2.24) is 5.32 Å². The quantitative estimate of drug-likeness (QED) is 0.889. The highest BCUT2D eigenvalue weighted by Crippen LogP contribution is 2.26. The SMILES string of the molecule is COc1cc(CCC2CCNCC2)ccc1Cl. The first kappa shape index (κ1) is 12.7. The van der Waals surface area contributed by atoms with Crippen molar-refractivity contribution >= 4 is 11.6 Å². The summed E-state index contributed by atoms with van der Waals surface area (Å²) in [4.78, 5) is 0. The van der Waals surface area contributed by atoms with E-state index in [1.54, 1.807) is 7.11 Å². The van der Waals surface area contributed by atoms with Crippen molar-refractivity contribution in [3.63, 3.8) is 0 Å². The summed E-state index contributed by atoms with van der Waals surface area (Å²) in [5.74, 6) is 1.66. The van der Waals surface area contributed by atoms with E-state index in [9.17, 15) is 0 Å². The van der Waals surface area contributed by atoms with E-state index in [1.807, 2.05) is 6.07 Å². The summed E-state index contributed by atoms with van der Waals surface area (Å²) < 4.78 is 5.24. The minimum atomic E-state index is 0.693. The zero-order valence-electron chi connectivity index (χ0n) is 10.3. The number of nitrogens with one attached hydrogen (secondary N) is 1. The molecule has 0 aromatic heterocycles. The number of ether oxygens (including phenoxy) is 1. The number of hydrogen-bond acceptors (Lipinski definition) is 2. The van der Waals surface area contributed by atoms with Crippen molar-refractivity contribution in [3.8, 4) is 5.75 Å². The molecule has 1 fully saturated rings. The predicted molar refractivity (Wildman–Crippen MR) is 71.9 cm³/mol. The molecule has 1 heterocycles. The summed E-state index contributed by atoms with van der Waals surface area (Å²) in [6.07, 6.45) is 5.01. The Morgan fingerprint density at radius 1 is 1.35 bits per heavy atom. The first-order chi connectivity index (χ1) is 8.29. The molecule has 0 atom stereocenters. The van der Waals surface area contributed by atoms with Crippen molar-refractivity contribution in [2.24, 2.45) is 5.92 Å². The maximum absolute atomic E-state index is 6.01. The fourth-order valence-corrected chi connectivity index (χ4v) is 2.60. The van der Waals surface area contributed by atoms with Crippen molar-refractivity contribution < 1.29 is 4.74 Å². The second-order valence-corrected chi connectivity index (χ2v) is 5.11. The average molecular weight is 254 g/mol. The molecule has 2 nitrogen and oxygen atoms in total. The highest BCUT2D eigenvalue weighted by Gasteiger charge is 2.13. The Bertz CT molecular complexity index is 361. The molecule has 1 aromatic carbocycles. The van der Waals surface area contributed by atoms with Crippen LogP contribution in [0.1, 0.15) is 24.8 Å². The van der Waals surface area contributed by atoms with Crippen molar-refractivity contribution in [1.29, 1.82) is 0 Å². The molecule has 1 N–H and O–H groups in total. The Morgan fingerprint density at radius 3 is 2.82 bits per heavy atom. The van der Waals surface area contributed by atoms with Gasteiger partial charge in [-0.25, -0.2) is 0 Å². The van der Waals surface area contributed by atoms with Gasteiger partial charge in [0.25, 0.3) is 0 Å². The van der Waals surface area contributed by atoms with Gasteiger partial charge in [0.1, 0.15) is 5.75 Å². The molecule has 17 heavy (non-hydrogen) atoms. The van der Waals surface area contributed by atoms with Crippen molar-refractivity contribution in [2.75, 3.05) is 20.2 Å². The van der Waals surface area contributed by atoms with Crippen LogP contribution >= 0.6 is 11.6 Å². The Kier molecular flexibility index (Phi) is 4.69. The van der Waals surface area contributed by atoms with Crippen LogP contribution in [-0.4, -0.2) is 20.2 Å². The molecular formula is C14H20ClNO. The van der Waals surface area contributed by atoms with E-state index >= 15 is 0 Å². The number of halogens is 1. The zero-order chi connectivity index (χ0) is 12.1. The molecule has 1 aliphatic rings. The van der Waals surface area contributed by atoms with E-state index < -0.39 is 0 Å². The van der Waals surface area contributed by atoms with Gasteiger partial charge in [-0.2, -0.15) is 0 Å². The summed E-state index contributed by atoms with van der Waals surface area (Å²) in [5.41, 5.74) is 1.32. The summed E-state index contributed by atoms with van der Waals surface area (Å²) in [7, 11) is 1.66. The maximum atomic E-state index is 6.01. The van der Waals surface area contributed by atoms with Gasteiger partial charge < -0.3 is 10.1 Å². The van der Waals surface area contributed by atoms with Crippen LogP contribution in [0, 0.1) is 5.92 Å². The number of methoxy groups -OCH3 is 1. The van der Waals surface area contributed by atoms with Crippen LogP contribution in [-0.2, 0) is 6.42 Å². The molecule has 3 heteroatoms. The van der Waals surface area contributed by atoms with Gasteiger partial charge in [0.15, 0.2) is 0 Å². The Hall–Kier alpha value is -0.730. The van der Waals surface area contributed by atoms with Gasteiger partial charge in [0, 0.05) is 0 Å². The predicted octanol–water partition coefficient (Wildman–Crippen LogP) is 3.28. The zero-order valence-corrected chi connectivity index (χ0v) is 11.1. The lowest BCUT2D eigenvalue weighted by molar-refractivity contribution is 0.354. The van der Waals surface area contributed by atoms with E-state index in [0.717, 1.165) is 18.1 Å². The van der Waals surface area contributed by atoms with Crippen LogP contribution in [0.3, 0.4) is 0 Å².